The van der Waals surface area contributed by atoms with Gasteiger partial charge >= 0.3 is 11.6 Å². The summed E-state index contributed by atoms with van der Waals surface area (Å²) in [5.41, 5.74) is 0.596. The van der Waals surface area contributed by atoms with E-state index in [0.717, 1.165) is 0 Å². The highest BCUT2D eigenvalue weighted by molar-refractivity contribution is 5.88. The molecule has 2 heterocycles. The Morgan fingerprint density at radius 3 is 2.32 bits per heavy atom. The van der Waals surface area contributed by atoms with Gasteiger partial charge in [-0.15, -0.1) is 0 Å². The lowest BCUT2D eigenvalue weighted by atomic mass is 9.88. The molecule has 0 aliphatic carbocycles. The van der Waals surface area contributed by atoms with E-state index in [4.69, 9.17) is 28.1 Å². The first-order valence-corrected chi connectivity index (χ1v) is 9.72. The van der Waals surface area contributed by atoms with Gasteiger partial charge in [0.25, 0.3) is 0 Å². The van der Waals surface area contributed by atoms with Gasteiger partial charge in [-0.3, -0.25) is 0 Å². The third-order valence-corrected chi connectivity index (χ3v) is 5.22. The first-order chi connectivity index (χ1) is 15.0. The molecular formula is C23H22O8. The van der Waals surface area contributed by atoms with E-state index in [1.807, 2.05) is 0 Å². The maximum absolute atomic E-state index is 13.0. The van der Waals surface area contributed by atoms with Gasteiger partial charge in [-0.1, -0.05) is 12.1 Å². The van der Waals surface area contributed by atoms with Crippen molar-refractivity contribution in [2.24, 2.45) is 0 Å². The molecule has 0 saturated carbocycles. The molecule has 8 heteroatoms. The summed E-state index contributed by atoms with van der Waals surface area (Å²) in [6.07, 6.45) is -1.08. The predicted molar refractivity (Wildman–Crippen MR) is 111 cm³/mol. The molecule has 0 saturated heterocycles. The summed E-state index contributed by atoms with van der Waals surface area (Å²) in [5, 5.41) is 0.598. The Labute approximate surface area is 178 Å². The van der Waals surface area contributed by atoms with Crippen molar-refractivity contribution in [1.82, 2.24) is 0 Å². The van der Waals surface area contributed by atoms with Crippen LogP contribution in [0.15, 0.2) is 45.6 Å². The third kappa shape index (κ3) is 3.34. The van der Waals surface area contributed by atoms with E-state index in [-0.39, 0.29) is 12.2 Å². The van der Waals surface area contributed by atoms with Crippen LogP contribution in [0.25, 0.3) is 11.0 Å². The summed E-state index contributed by atoms with van der Waals surface area (Å²) in [5.74, 6) is 0.107. The normalized spacial score (nSPS) is 17.0. The van der Waals surface area contributed by atoms with Crippen molar-refractivity contribution >= 4 is 16.9 Å². The van der Waals surface area contributed by atoms with E-state index in [9.17, 15) is 9.59 Å². The van der Waals surface area contributed by atoms with Crippen molar-refractivity contribution in [3.63, 3.8) is 0 Å². The molecule has 2 aromatic carbocycles. The lowest BCUT2D eigenvalue weighted by molar-refractivity contribution is -0.151. The third-order valence-electron chi connectivity index (χ3n) is 5.22. The number of hydrogen-bond acceptors (Lipinski definition) is 8. The number of para-hydroxylation sites is 1. The van der Waals surface area contributed by atoms with Crippen LogP contribution in [0.5, 0.6) is 23.0 Å². The molecular weight excluding hydrogens is 404 g/mol. The smallest absolute Gasteiger partial charge is 0.348 e. The van der Waals surface area contributed by atoms with Crippen LogP contribution in [0.3, 0.4) is 0 Å². The second kappa shape index (κ2) is 8.22. The summed E-state index contributed by atoms with van der Waals surface area (Å²) in [7, 11) is 4.48. The first kappa shape index (κ1) is 20.6. The first-order valence-electron chi connectivity index (χ1n) is 9.72. The number of hydrogen-bond donors (Lipinski definition) is 0. The average Bonchev–Trinajstić information content (AvgIpc) is 3.20. The Hall–Kier alpha value is -3.68. The van der Waals surface area contributed by atoms with E-state index in [0.29, 0.717) is 39.5 Å². The van der Waals surface area contributed by atoms with E-state index in [1.165, 1.54) is 21.3 Å². The summed E-state index contributed by atoms with van der Waals surface area (Å²) < 4.78 is 33.1. The highest BCUT2D eigenvalue weighted by atomic mass is 16.6. The summed E-state index contributed by atoms with van der Waals surface area (Å²) >= 11 is 0. The number of rotatable bonds is 6. The Morgan fingerprint density at radius 1 is 1.03 bits per heavy atom. The molecule has 3 aromatic rings. The van der Waals surface area contributed by atoms with Gasteiger partial charge in [-0.2, -0.15) is 0 Å². The van der Waals surface area contributed by atoms with Gasteiger partial charge in [0.1, 0.15) is 11.3 Å². The van der Waals surface area contributed by atoms with Crippen molar-refractivity contribution in [1.29, 1.82) is 0 Å². The molecule has 0 radical (unpaired) electrons. The van der Waals surface area contributed by atoms with Crippen LogP contribution in [0.4, 0.5) is 0 Å². The van der Waals surface area contributed by atoms with Gasteiger partial charge < -0.3 is 28.1 Å². The maximum atomic E-state index is 13.0. The van der Waals surface area contributed by atoms with Crippen LogP contribution >= 0.6 is 0 Å². The number of benzene rings is 2. The molecule has 2 atom stereocenters. The minimum Gasteiger partial charge on any atom is -0.493 e. The van der Waals surface area contributed by atoms with Crippen molar-refractivity contribution in [3.05, 3.63) is 57.9 Å². The summed E-state index contributed by atoms with van der Waals surface area (Å²) in [6, 6.07) is 10.4. The predicted octanol–water partition coefficient (Wildman–Crippen LogP) is 3.27. The molecule has 1 aromatic heterocycles. The van der Waals surface area contributed by atoms with Gasteiger partial charge in [0.15, 0.2) is 11.5 Å². The van der Waals surface area contributed by atoms with E-state index in [2.05, 4.69) is 0 Å². The van der Waals surface area contributed by atoms with Crippen LogP contribution in [-0.4, -0.2) is 40.0 Å². The minimum atomic E-state index is -1.08. The molecule has 0 bridgehead atoms. The van der Waals surface area contributed by atoms with E-state index >= 15 is 0 Å². The zero-order valence-electron chi connectivity index (χ0n) is 17.6. The fourth-order valence-corrected chi connectivity index (χ4v) is 3.91. The lowest BCUT2D eigenvalue weighted by Crippen LogP contribution is -2.32. The monoisotopic (exact) mass is 426 g/mol. The molecule has 162 valence electrons. The van der Waals surface area contributed by atoms with Gasteiger partial charge in [0.05, 0.1) is 44.8 Å². The van der Waals surface area contributed by atoms with Crippen LogP contribution in [-0.2, 0) is 9.53 Å². The van der Waals surface area contributed by atoms with Gasteiger partial charge in [0, 0.05) is 0 Å². The largest absolute Gasteiger partial charge is 0.493 e. The average molecular weight is 426 g/mol. The van der Waals surface area contributed by atoms with Crippen LogP contribution in [0, 0.1) is 0 Å². The highest BCUT2D eigenvalue weighted by Gasteiger charge is 2.45. The van der Waals surface area contributed by atoms with Crippen molar-refractivity contribution in [3.8, 4) is 23.0 Å². The molecule has 2 unspecified atom stereocenters. The fraction of sp³-hybridized carbons (Fsp3) is 0.304. The Kier molecular flexibility index (Phi) is 5.46. The number of ether oxygens (including phenoxy) is 5. The van der Waals surface area contributed by atoms with Crippen LogP contribution in [0.2, 0.25) is 0 Å². The summed E-state index contributed by atoms with van der Waals surface area (Å²) in [6.45, 7) is 1.88. The Morgan fingerprint density at radius 2 is 1.71 bits per heavy atom. The van der Waals surface area contributed by atoms with Crippen molar-refractivity contribution in [2.45, 2.75) is 18.9 Å². The van der Waals surface area contributed by atoms with Gasteiger partial charge in [-0.05, 0) is 36.8 Å². The maximum Gasteiger partial charge on any atom is 0.348 e. The molecule has 0 fully saturated rings. The summed E-state index contributed by atoms with van der Waals surface area (Å²) in [4.78, 5) is 25.8. The van der Waals surface area contributed by atoms with Crippen molar-refractivity contribution in [2.75, 3.05) is 27.9 Å². The highest BCUT2D eigenvalue weighted by Crippen LogP contribution is 2.48. The number of esters is 1. The van der Waals surface area contributed by atoms with Crippen LogP contribution < -0.4 is 24.6 Å². The number of fused-ring (bicyclic) bond motifs is 3. The number of carbonyl (C=O) groups excluding carboxylic acids is 1. The van der Waals surface area contributed by atoms with Gasteiger partial charge in [-0.25, -0.2) is 9.59 Å². The number of methoxy groups -OCH3 is 3. The standard InChI is InChI=1S/C23H22O8/c1-5-29-23(25)21-17(12-10-15(26-2)20(28-4)16(11-12)27-3)18-19(31-21)13-8-6-7-9-14(13)30-22(18)24/h6-11,17,21H,5H2,1-4H3. The Bertz CT molecular complexity index is 1170. The van der Waals surface area contributed by atoms with Crippen LogP contribution in [0.1, 0.15) is 24.0 Å². The molecule has 0 spiro atoms. The molecule has 0 amide bonds. The van der Waals surface area contributed by atoms with Crippen molar-refractivity contribution < 1.29 is 32.9 Å². The lowest BCUT2D eigenvalue weighted by Gasteiger charge is -2.20. The zero-order chi connectivity index (χ0) is 22.1. The zero-order valence-corrected chi connectivity index (χ0v) is 17.6. The quantitative estimate of drug-likeness (QED) is 0.438. The minimum absolute atomic E-state index is 0.173. The molecule has 0 N–H and O–H groups in total. The molecule has 31 heavy (non-hydrogen) atoms. The van der Waals surface area contributed by atoms with Gasteiger partial charge in [0.2, 0.25) is 11.9 Å². The second-order valence-corrected chi connectivity index (χ2v) is 6.86. The van der Waals surface area contributed by atoms with E-state index < -0.39 is 23.6 Å². The van der Waals surface area contributed by atoms with E-state index in [1.54, 1.807) is 43.3 Å². The number of carbonyl (C=O) groups is 1. The fourth-order valence-electron chi connectivity index (χ4n) is 3.91. The SMILES string of the molecule is CCOC(=O)C1Oc2c(c(=O)oc3ccccc23)C1c1cc(OC)c(OC)c(OC)c1. The molecule has 8 nitrogen and oxygen atoms in total. The second-order valence-electron chi connectivity index (χ2n) is 6.86. The molecule has 4 rings (SSSR count). The topological polar surface area (TPSA) is 93.4 Å². The molecule has 1 aliphatic heterocycles. The Balaban J connectivity index is 1.98. The molecule has 1 aliphatic rings.